The number of ether oxygens (including phenoxy) is 1. The van der Waals surface area contributed by atoms with E-state index in [1.807, 2.05) is 118 Å². The van der Waals surface area contributed by atoms with Gasteiger partial charge in [-0.25, -0.2) is 0 Å². The second-order valence-electron chi connectivity index (χ2n) is 22.1. The predicted molar refractivity (Wildman–Crippen MR) is 296 cm³/mol. The molecule has 1 aliphatic heterocycles. The minimum atomic E-state index is -5.93. The summed E-state index contributed by atoms with van der Waals surface area (Å²) in [5, 5.41) is 19.0. The second-order valence-corrected chi connectivity index (χ2v) is 22.1. The van der Waals surface area contributed by atoms with Gasteiger partial charge in [0.1, 0.15) is 0 Å². The fourth-order valence-corrected chi connectivity index (χ4v) is 10.5. The normalized spacial score (nSPS) is 15.5. The first kappa shape index (κ1) is 66.9. The second kappa shape index (κ2) is 24.4. The van der Waals surface area contributed by atoms with Crippen LogP contribution in [0.2, 0.25) is 0 Å². The van der Waals surface area contributed by atoms with Crippen molar-refractivity contribution in [2.45, 2.75) is 173 Å². The molecule has 1 aliphatic rings. The molecule has 0 atom stereocenters. The fourth-order valence-electron chi connectivity index (χ4n) is 10.5. The molecule has 0 amide bonds. The third-order valence-corrected chi connectivity index (χ3v) is 16.7. The van der Waals surface area contributed by atoms with Gasteiger partial charge in [-0.15, -0.1) is 0 Å². The largest absolute Gasteiger partial charge is 0.495 e. The van der Waals surface area contributed by atoms with E-state index >= 15 is 0 Å². The molecule has 0 saturated carbocycles. The van der Waals surface area contributed by atoms with Crippen molar-refractivity contribution in [1.82, 2.24) is 0 Å². The van der Waals surface area contributed by atoms with Crippen LogP contribution < -0.4 is 5.46 Å². The van der Waals surface area contributed by atoms with Crippen LogP contribution >= 0.6 is 0 Å². The number of hydrogen-bond acceptors (Lipinski definition) is 6. The van der Waals surface area contributed by atoms with Crippen molar-refractivity contribution < 1.29 is 81.7 Å². The number of hydrogen-bond donors (Lipinski definition) is 2. The zero-order valence-corrected chi connectivity index (χ0v) is 48.2. The monoisotopic (exact) mass is 1160 g/mol. The van der Waals surface area contributed by atoms with Gasteiger partial charge >= 0.3 is 37.8 Å². The molecule has 0 aliphatic carbocycles. The fraction of sp³-hybridized carbons (Fsp3) is 0.444. The molecular weight excluding hydrogens is 1090 g/mol. The number of alkyl halides is 12. The lowest BCUT2D eigenvalue weighted by atomic mass is 9.68. The third kappa shape index (κ3) is 13.2. The van der Waals surface area contributed by atoms with Crippen molar-refractivity contribution in [3.05, 3.63) is 170 Å². The quantitative estimate of drug-likeness (QED) is 0.0582. The van der Waals surface area contributed by atoms with Gasteiger partial charge in [0.05, 0.1) is 24.7 Å². The zero-order chi connectivity index (χ0) is 62.0. The minimum absolute atomic E-state index is 0.130. The Kier molecular flexibility index (Phi) is 19.9. The summed E-state index contributed by atoms with van der Waals surface area (Å²) in [5.74, 6) is -0.330. The minimum Gasteiger partial charge on any atom is -0.469 e. The molecule has 6 nitrogen and oxygen atoms in total. The third-order valence-electron chi connectivity index (χ3n) is 16.7. The molecule has 5 aromatic rings. The van der Waals surface area contributed by atoms with Crippen LogP contribution in [0.25, 0.3) is 23.3 Å². The summed E-state index contributed by atoms with van der Waals surface area (Å²) in [6.45, 7) is 23.3. The number of rotatable bonds is 16. The summed E-state index contributed by atoms with van der Waals surface area (Å²) in [4.78, 5) is 11.7. The van der Waals surface area contributed by atoms with Gasteiger partial charge in [-0.3, -0.25) is 4.79 Å². The van der Waals surface area contributed by atoms with E-state index in [4.69, 9.17) is 14.0 Å². The molecule has 446 valence electrons. The smallest absolute Gasteiger partial charge is 0.469 e. The van der Waals surface area contributed by atoms with Crippen LogP contribution in [0, 0.1) is 27.7 Å². The maximum atomic E-state index is 13.1. The van der Waals surface area contributed by atoms with Gasteiger partial charge in [0.2, 0.25) is 0 Å². The number of aryl methyl sites for hydroxylation is 4. The van der Waals surface area contributed by atoms with Crippen molar-refractivity contribution in [3.8, 4) is 11.1 Å². The van der Waals surface area contributed by atoms with Gasteiger partial charge in [-0.1, -0.05) is 142 Å². The van der Waals surface area contributed by atoms with E-state index in [1.165, 1.54) is 19.2 Å². The molecule has 0 unspecified atom stereocenters. The molecule has 82 heavy (non-hydrogen) atoms. The average Bonchev–Trinajstić information content (AvgIpc) is 3.00. The number of methoxy groups -OCH3 is 1. The van der Waals surface area contributed by atoms with Crippen molar-refractivity contribution in [2.75, 3.05) is 7.11 Å². The molecule has 0 bridgehead atoms. The Morgan fingerprint density at radius 2 is 0.890 bits per heavy atom. The van der Waals surface area contributed by atoms with Gasteiger partial charge in [0.25, 0.3) is 11.2 Å². The SMILES string of the molecule is CCC(CC)(c1ccc(/C=C/C(O)(C(F)(F)F)C(F)(F)F)c(C)c1)c1ccc(-c2cccc(CC(=O)OC)c2)c(C)c1.CCC(CC)(c1ccc(/C=C/C(O)(C(F)(F)F)C(F)(F)F)c(C)c1)c1ccc(B2OC(C)(C)C(C)(C)O2)c(C)c1. The summed E-state index contributed by atoms with van der Waals surface area (Å²) < 4.78 is 175. The van der Waals surface area contributed by atoms with Crippen LogP contribution in [0.5, 0.6) is 0 Å². The van der Waals surface area contributed by atoms with E-state index < -0.39 is 65.1 Å². The Bertz CT molecular complexity index is 3080. The Morgan fingerprint density at radius 1 is 0.524 bits per heavy atom. The first-order valence-corrected chi connectivity index (χ1v) is 26.7. The van der Waals surface area contributed by atoms with E-state index in [9.17, 15) is 67.7 Å². The van der Waals surface area contributed by atoms with E-state index in [0.717, 1.165) is 55.5 Å². The van der Waals surface area contributed by atoms with Crippen LogP contribution in [-0.4, -0.2) is 77.5 Å². The van der Waals surface area contributed by atoms with Crippen molar-refractivity contribution >= 4 is 30.7 Å². The lowest BCUT2D eigenvalue weighted by molar-refractivity contribution is -0.348. The van der Waals surface area contributed by atoms with Crippen molar-refractivity contribution in [2.24, 2.45) is 0 Å². The number of benzene rings is 5. The maximum absolute atomic E-state index is 13.1. The topological polar surface area (TPSA) is 85.2 Å². The van der Waals surface area contributed by atoms with Crippen molar-refractivity contribution in [1.29, 1.82) is 0 Å². The highest BCUT2D eigenvalue weighted by atomic mass is 19.4. The Morgan fingerprint density at radius 3 is 1.23 bits per heavy atom. The summed E-state index contributed by atoms with van der Waals surface area (Å²) >= 11 is 0. The van der Waals surface area contributed by atoms with Gasteiger partial charge < -0.3 is 24.3 Å². The number of halogens is 12. The highest BCUT2D eigenvalue weighted by Crippen LogP contribution is 2.48. The molecular formula is C63H71BF12O6. The van der Waals surface area contributed by atoms with Crippen LogP contribution in [0.4, 0.5) is 52.7 Å². The predicted octanol–water partition coefficient (Wildman–Crippen LogP) is 16.2. The number of carbonyl (C=O) groups excluding carboxylic acids is 1. The van der Waals surface area contributed by atoms with Crippen LogP contribution in [0.15, 0.2) is 109 Å². The Hall–Kier alpha value is -5.89. The Balaban J connectivity index is 0.000000301. The summed E-state index contributed by atoms with van der Waals surface area (Å²) in [6, 6.07) is 29.8. The standard InChI is InChI=1S/C33H34F6O3.C30H37BF6O3/c1-6-30(7-2,26-12-11-24(21(3)17-26)15-16-31(41,32(34,35)36)33(37,38)39)27-13-14-28(22(4)18-27)25-10-8-9-23(19-25)20-29(40)42-5;1-9-27(10-2,23-13-14-24(20(4)18-23)31-39-25(5,6)26(7,8)40-31)22-12-11-21(19(3)17-22)15-16-28(38,29(32,33)34)30(35,36)37/h8-19,41H,6-7,20H2,1-5H3;11-18,38H,9-10H2,1-8H3/b2*16-15+. The first-order valence-electron chi connectivity index (χ1n) is 26.7. The van der Waals surface area contributed by atoms with Gasteiger partial charge in [0.15, 0.2) is 0 Å². The molecule has 6 rings (SSSR count). The Labute approximate surface area is 472 Å². The maximum Gasteiger partial charge on any atom is 0.495 e. The van der Waals surface area contributed by atoms with E-state index in [1.54, 1.807) is 38.1 Å². The zero-order valence-electron chi connectivity index (χ0n) is 48.2. The molecule has 19 heteroatoms. The summed E-state index contributed by atoms with van der Waals surface area (Å²) in [7, 11) is 0.826. The van der Waals surface area contributed by atoms with Gasteiger partial charge in [-0.05, 0) is 165 Å². The number of esters is 1. The number of carbonyl (C=O) groups is 1. The average molecular weight is 1160 g/mol. The molecule has 1 saturated heterocycles. The van der Waals surface area contributed by atoms with Gasteiger partial charge in [0, 0.05) is 10.8 Å². The molecule has 5 aromatic carbocycles. The van der Waals surface area contributed by atoms with Crippen LogP contribution in [-0.2, 0) is 36.1 Å². The highest BCUT2D eigenvalue weighted by Gasteiger charge is 2.70. The summed E-state index contributed by atoms with van der Waals surface area (Å²) in [5.41, 5.74) is -1.09. The van der Waals surface area contributed by atoms with Crippen LogP contribution in [0.1, 0.15) is 142 Å². The van der Waals surface area contributed by atoms with Gasteiger partial charge in [-0.2, -0.15) is 52.7 Å². The molecule has 1 fully saturated rings. The van der Waals surface area contributed by atoms with Crippen LogP contribution in [0.3, 0.4) is 0 Å². The van der Waals surface area contributed by atoms with E-state index in [-0.39, 0.29) is 35.7 Å². The highest BCUT2D eigenvalue weighted by molar-refractivity contribution is 6.62. The lowest BCUT2D eigenvalue weighted by Crippen LogP contribution is -2.55. The van der Waals surface area contributed by atoms with E-state index in [0.29, 0.717) is 49.0 Å². The lowest BCUT2D eigenvalue weighted by Gasteiger charge is -2.34. The molecule has 2 N–H and O–H groups in total. The first-order chi connectivity index (χ1) is 37.7. The summed E-state index contributed by atoms with van der Waals surface area (Å²) in [6.07, 6.45) is -19.9. The molecule has 0 aromatic heterocycles. The number of aliphatic hydroxyl groups is 2. The molecule has 1 heterocycles. The molecule has 0 radical (unpaired) electrons. The van der Waals surface area contributed by atoms with Crippen molar-refractivity contribution in [3.63, 3.8) is 0 Å². The van der Waals surface area contributed by atoms with E-state index in [2.05, 4.69) is 12.1 Å². The molecule has 0 spiro atoms.